The van der Waals surface area contributed by atoms with E-state index in [1.54, 1.807) is 11.3 Å². The van der Waals surface area contributed by atoms with E-state index in [0.717, 1.165) is 10.4 Å². The molecule has 0 aliphatic rings. The predicted molar refractivity (Wildman–Crippen MR) is 77.7 cm³/mol. The Morgan fingerprint density at radius 2 is 2.20 bits per heavy atom. The smallest absolute Gasteiger partial charge is 0.292 e. The second-order valence-corrected chi connectivity index (χ2v) is 5.24. The van der Waals surface area contributed by atoms with Gasteiger partial charge in [0.2, 0.25) is 0 Å². The van der Waals surface area contributed by atoms with Gasteiger partial charge in [0.25, 0.3) is 11.6 Å². The Morgan fingerprint density at radius 3 is 2.75 bits per heavy atom. The van der Waals surface area contributed by atoms with Gasteiger partial charge in [-0.3, -0.25) is 14.9 Å². The third-order valence-corrected chi connectivity index (χ3v) is 3.89. The lowest BCUT2D eigenvalue weighted by Gasteiger charge is -2.05. The molecule has 7 heteroatoms. The van der Waals surface area contributed by atoms with Crippen molar-refractivity contribution in [1.82, 2.24) is 5.32 Å². The molecule has 0 spiro atoms. The molecule has 0 aliphatic heterocycles. The number of thiophene rings is 1. The Balaban J connectivity index is 2.08. The van der Waals surface area contributed by atoms with E-state index in [9.17, 15) is 14.9 Å². The minimum atomic E-state index is -0.577. The molecule has 6 nitrogen and oxygen atoms in total. The van der Waals surface area contributed by atoms with Gasteiger partial charge in [-0.05, 0) is 36.1 Å². The first kappa shape index (κ1) is 14.0. The summed E-state index contributed by atoms with van der Waals surface area (Å²) in [6, 6.07) is 5.93. The number of carbonyl (C=O) groups is 1. The van der Waals surface area contributed by atoms with Crippen LogP contribution in [0.4, 0.5) is 11.4 Å². The van der Waals surface area contributed by atoms with Crippen LogP contribution in [-0.2, 0) is 6.54 Å². The molecule has 0 bridgehead atoms. The van der Waals surface area contributed by atoms with Crippen LogP contribution in [0.5, 0.6) is 0 Å². The first-order chi connectivity index (χ1) is 9.49. The molecule has 0 fully saturated rings. The van der Waals surface area contributed by atoms with Crippen LogP contribution in [0.25, 0.3) is 0 Å². The van der Waals surface area contributed by atoms with Crippen molar-refractivity contribution in [2.45, 2.75) is 13.5 Å². The molecule has 20 heavy (non-hydrogen) atoms. The molecule has 1 aromatic heterocycles. The lowest BCUT2D eigenvalue weighted by molar-refractivity contribution is -0.383. The van der Waals surface area contributed by atoms with Gasteiger partial charge in [-0.2, -0.15) is 0 Å². The van der Waals surface area contributed by atoms with E-state index < -0.39 is 4.92 Å². The number of nitro groups is 1. The summed E-state index contributed by atoms with van der Waals surface area (Å²) in [6.07, 6.45) is 0. The van der Waals surface area contributed by atoms with Crippen molar-refractivity contribution >= 4 is 28.6 Å². The van der Waals surface area contributed by atoms with E-state index in [2.05, 4.69) is 5.32 Å². The first-order valence-electron chi connectivity index (χ1n) is 5.84. The number of aryl methyl sites for hydroxylation is 1. The number of hydrogen-bond donors (Lipinski definition) is 2. The van der Waals surface area contributed by atoms with Crippen LogP contribution >= 0.6 is 11.3 Å². The van der Waals surface area contributed by atoms with Gasteiger partial charge in [0.1, 0.15) is 5.69 Å². The van der Waals surface area contributed by atoms with E-state index in [1.165, 1.54) is 18.2 Å². The van der Waals surface area contributed by atoms with Gasteiger partial charge in [-0.1, -0.05) is 0 Å². The molecule has 1 amide bonds. The minimum Gasteiger partial charge on any atom is -0.393 e. The predicted octanol–water partition coefficient (Wildman–Crippen LogP) is 2.48. The first-order valence-corrected chi connectivity index (χ1v) is 6.72. The number of hydrogen-bond acceptors (Lipinski definition) is 5. The lowest BCUT2D eigenvalue weighted by atomic mass is 10.1. The second-order valence-electron chi connectivity index (χ2n) is 4.24. The summed E-state index contributed by atoms with van der Waals surface area (Å²) in [4.78, 5) is 23.1. The van der Waals surface area contributed by atoms with Crippen LogP contribution < -0.4 is 11.1 Å². The van der Waals surface area contributed by atoms with Gasteiger partial charge in [-0.15, -0.1) is 11.3 Å². The van der Waals surface area contributed by atoms with Crippen molar-refractivity contribution in [2.75, 3.05) is 5.73 Å². The molecule has 0 saturated carbocycles. The highest BCUT2D eigenvalue weighted by atomic mass is 32.1. The molecule has 0 aliphatic carbocycles. The summed E-state index contributed by atoms with van der Waals surface area (Å²) in [5, 5.41) is 15.4. The number of carbonyl (C=O) groups excluding carboxylic acids is 1. The number of nitrogen functional groups attached to an aromatic ring is 1. The van der Waals surface area contributed by atoms with Crippen LogP contribution in [0.3, 0.4) is 0 Å². The molecule has 0 radical (unpaired) electrons. The van der Waals surface area contributed by atoms with E-state index in [1.807, 2.05) is 18.4 Å². The molecular formula is C13H13N3O3S. The Labute approximate surface area is 119 Å². The number of amides is 1. The maximum atomic E-state index is 12.0. The van der Waals surface area contributed by atoms with Crippen LogP contribution in [0, 0.1) is 17.0 Å². The van der Waals surface area contributed by atoms with Crippen molar-refractivity contribution in [3.63, 3.8) is 0 Å². The average molecular weight is 291 g/mol. The van der Waals surface area contributed by atoms with Crippen molar-refractivity contribution in [2.24, 2.45) is 0 Å². The number of nitrogens with two attached hydrogens (primary N) is 1. The van der Waals surface area contributed by atoms with Crippen molar-refractivity contribution in [3.05, 3.63) is 55.8 Å². The maximum absolute atomic E-state index is 12.0. The molecular weight excluding hydrogens is 278 g/mol. The lowest BCUT2D eigenvalue weighted by Crippen LogP contribution is -2.22. The number of nitro benzene ring substituents is 1. The third kappa shape index (κ3) is 2.94. The normalized spacial score (nSPS) is 10.2. The van der Waals surface area contributed by atoms with Crippen LogP contribution in [0.2, 0.25) is 0 Å². The highest BCUT2D eigenvalue weighted by molar-refractivity contribution is 7.10. The van der Waals surface area contributed by atoms with E-state index in [-0.39, 0.29) is 17.3 Å². The van der Waals surface area contributed by atoms with E-state index in [0.29, 0.717) is 12.1 Å². The monoisotopic (exact) mass is 291 g/mol. The second kappa shape index (κ2) is 5.70. The fraction of sp³-hybridized carbons (Fsp3) is 0.154. The molecule has 2 aromatic rings. The number of nitrogens with one attached hydrogen (secondary N) is 1. The molecule has 0 unspecified atom stereocenters. The Hall–Kier alpha value is -2.41. The van der Waals surface area contributed by atoms with Gasteiger partial charge in [-0.25, -0.2) is 0 Å². The summed E-state index contributed by atoms with van der Waals surface area (Å²) in [5.41, 5.74) is 6.77. The van der Waals surface area contributed by atoms with Gasteiger partial charge in [0.15, 0.2) is 0 Å². The summed E-state index contributed by atoms with van der Waals surface area (Å²) >= 11 is 1.57. The summed E-state index contributed by atoms with van der Waals surface area (Å²) < 4.78 is 0. The summed E-state index contributed by atoms with van der Waals surface area (Å²) in [5.74, 6) is -0.306. The average Bonchev–Trinajstić information content (AvgIpc) is 2.81. The molecule has 1 heterocycles. The number of benzene rings is 1. The van der Waals surface area contributed by atoms with Gasteiger partial charge >= 0.3 is 0 Å². The highest BCUT2D eigenvalue weighted by Crippen LogP contribution is 2.22. The third-order valence-electron chi connectivity index (χ3n) is 2.86. The molecule has 3 N–H and O–H groups in total. The SMILES string of the molecule is Cc1ccsc1CNC(=O)c1ccc([N+](=O)[O-])c(N)c1. The molecule has 1 aromatic carbocycles. The highest BCUT2D eigenvalue weighted by Gasteiger charge is 2.14. The topological polar surface area (TPSA) is 98.3 Å². The zero-order valence-electron chi connectivity index (χ0n) is 10.8. The van der Waals surface area contributed by atoms with Crippen LogP contribution in [0.1, 0.15) is 20.8 Å². The zero-order valence-corrected chi connectivity index (χ0v) is 11.6. The van der Waals surface area contributed by atoms with Crippen molar-refractivity contribution in [3.8, 4) is 0 Å². The van der Waals surface area contributed by atoms with Crippen molar-refractivity contribution < 1.29 is 9.72 Å². The number of nitrogens with zero attached hydrogens (tertiary/aromatic N) is 1. The van der Waals surface area contributed by atoms with E-state index >= 15 is 0 Å². The largest absolute Gasteiger partial charge is 0.393 e. The van der Waals surface area contributed by atoms with Gasteiger partial charge in [0.05, 0.1) is 11.5 Å². The van der Waals surface area contributed by atoms with Gasteiger partial charge in [0, 0.05) is 16.5 Å². The Bertz CT molecular complexity index is 667. The summed E-state index contributed by atoms with van der Waals surface area (Å²) in [7, 11) is 0. The number of anilines is 1. The maximum Gasteiger partial charge on any atom is 0.292 e. The zero-order chi connectivity index (χ0) is 14.7. The fourth-order valence-electron chi connectivity index (χ4n) is 1.71. The Kier molecular flexibility index (Phi) is 3.99. The van der Waals surface area contributed by atoms with Crippen molar-refractivity contribution in [1.29, 1.82) is 0 Å². The quantitative estimate of drug-likeness (QED) is 0.513. The Morgan fingerprint density at radius 1 is 1.45 bits per heavy atom. The van der Waals surface area contributed by atoms with Crippen LogP contribution in [-0.4, -0.2) is 10.8 Å². The number of rotatable bonds is 4. The molecule has 2 rings (SSSR count). The van der Waals surface area contributed by atoms with Crippen LogP contribution in [0.15, 0.2) is 29.6 Å². The van der Waals surface area contributed by atoms with Gasteiger partial charge < -0.3 is 11.1 Å². The minimum absolute atomic E-state index is 0.0186. The molecule has 0 saturated heterocycles. The molecule has 104 valence electrons. The fourth-order valence-corrected chi connectivity index (χ4v) is 2.56. The van der Waals surface area contributed by atoms with E-state index in [4.69, 9.17) is 5.73 Å². The molecule has 0 atom stereocenters. The standard InChI is InChI=1S/C13H13N3O3S/c1-8-4-5-20-12(8)7-15-13(17)9-2-3-11(16(18)19)10(14)6-9/h2-6H,7,14H2,1H3,(H,15,17). The summed E-state index contributed by atoms with van der Waals surface area (Å²) in [6.45, 7) is 2.40.